The molecule has 6 N–H and O–H groups in total. The van der Waals surface area contributed by atoms with Crippen molar-refractivity contribution in [2.24, 2.45) is 0 Å². The fourth-order valence-electron chi connectivity index (χ4n) is 7.37. The first-order valence-electron chi connectivity index (χ1n) is 19.7. The summed E-state index contributed by atoms with van der Waals surface area (Å²) in [5.41, 5.74) is 3.34. The van der Waals surface area contributed by atoms with E-state index in [0.29, 0.717) is 10.9 Å². The van der Waals surface area contributed by atoms with Crippen molar-refractivity contribution in [3.05, 3.63) is 184 Å². The minimum Gasteiger partial charge on any atom is -0.508 e. The van der Waals surface area contributed by atoms with Gasteiger partial charge in [-0.3, -0.25) is 14.4 Å². The lowest BCUT2D eigenvalue weighted by atomic mass is 10.0. The number of nitrogens with one attached hydrogen (secondary N) is 5. The van der Waals surface area contributed by atoms with Crippen molar-refractivity contribution in [3.63, 3.8) is 0 Å². The largest absolute Gasteiger partial charge is 0.508 e. The van der Waals surface area contributed by atoms with E-state index >= 15 is 0 Å². The molecule has 0 saturated carbocycles. The Hall–Kier alpha value is -7.93. The van der Waals surface area contributed by atoms with Crippen LogP contribution in [0.1, 0.15) is 32.6 Å². The molecule has 8 aromatic rings. The van der Waals surface area contributed by atoms with Gasteiger partial charge in [-0.05, 0) is 52.6 Å². The summed E-state index contributed by atoms with van der Waals surface area (Å²) in [6.07, 6.45) is 3.59. The maximum atomic E-state index is 14.6. The van der Waals surface area contributed by atoms with Crippen LogP contribution in [0.15, 0.2) is 155 Å². The second-order valence-electron chi connectivity index (χ2n) is 14.7. The molecule has 0 aliphatic heterocycles. The van der Waals surface area contributed by atoms with Gasteiger partial charge in [-0.15, -0.1) is 0 Å². The van der Waals surface area contributed by atoms with Crippen LogP contribution in [0.3, 0.4) is 0 Å². The van der Waals surface area contributed by atoms with E-state index in [1.807, 2.05) is 109 Å². The number of carbonyl (C=O) groups is 4. The van der Waals surface area contributed by atoms with E-state index in [1.54, 1.807) is 12.4 Å². The normalized spacial score (nSPS) is 12.7. The maximum absolute atomic E-state index is 14.6. The number of ether oxygens (including phenoxy) is 1. The average Bonchev–Trinajstić information content (AvgIpc) is 3.89. The number of amides is 3. The first-order valence-corrected chi connectivity index (χ1v) is 19.7. The lowest BCUT2D eigenvalue weighted by molar-refractivity contribution is -0.149. The molecular formula is C48H41N5O8. The molecule has 3 aromatic heterocycles. The Labute approximate surface area is 348 Å². The van der Waals surface area contributed by atoms with Crippen LogP contribution in [-0.4, -0.2) is 56.9 Å². The van der Waals surface area contributed by atoms with Gasteiger partial charge >= 0.3 is 11.6 Å². The number of esters is 1. The zero-order chi connectivity index (χ0) is 42.3. The number of para-hydroxylation sites is 2. The standard InChI is InChI=1S/C48H41N5O8/c54-34-20-19-31-22-37(47(58)61-43(31)25-34)44(55)51-40(23-32-26-49-38-17-9-7-15-35(32)38)45(56)52-41(24-33-27-50-39-18-10-8-16-36(33)39)46(57)53-42(21-29-11-3-1-4-12-29)48(59)60-28-30-13-5-2-6-14-30/h1-20,22,25-27,40-42,49-50,54H,21,23-24,28H2,(H,51,55)(H,52,56)(H,53,57)/t40-,41-,42-/m0/s1. The van der Waals surface area contributed by atoms with Crippen molar-refractivity contribution in [3.8, 4) is 5.75 Å². The highest BCUT2D eigenvalue weighted by atomic mass is 16.5. The van der Waals surface area contributed by atoms with Crippen molar-refractivity contribution in [2.75, 3.05) is 0 Å². The highest BCUT2D eigenvalue weighted by Gasteiger charge is 2.32. The minimum atomic E-state index is -1.31. The zero-order valence-corrected chi connectivity index (χ0v) is 32.7. The molecule has 0 fully saturated rings. The Balaban J connectivity index is 1.11. The molecule has 0 unspecified atom stereocenters. The number of H-pyrrole nitrogens is 2. The van der Waals surface area contributed by atoms with Crippen molar-refractivity contribution in [2.45, 2.75) is 44.0 Å². The van der Waals surface area contributed by atoms with E-state index in [0.717, 1.165) is 38.5 Å². The van der Waals surface area contributed by atoms with Gasteiger partial charge in [0.15, 0.2) is 0 Å². The van der Waals surface area contributed by atoms with Crippen LogP contribution >= 0.6 is 0 Å². The van der Waals surface area contributed by atoms with Gasteiger partial charge < -0.3 is 40.2 Å². The van der Waals surface area contributed by atoms with Crippen LogP contribution < -0.4 is 21.6 Å². The van der Waals surface area contributed by atoms with E-state index in [2.05, 4.69) is 25.9 Å². The number of fused-ring (bicyclic) bond motifs is 3. The summed E-state index contributed by atoms with van der Waals surface area (Å²) in [5.74, 6) is -3.05. The molecule has 3 amide bonds. The van der Waals surface area contributed by atoms with Crippen molar-refractivity contribution in [1.29, 1.82) is 0 Å². The van der Waals surface area contributed by atoms with Gasteiger partial charge in [0.1, 0.15) is 41.6 Å². The quantitative estimate of drug-likeness (QED) is 0.0536. The summed E-state index contributed by atoms with van der Waals surface area (Å²) in [6, 6.07) is 35.2. The van der Waals surface area contributed by atoms with Crippen molar-refractivity contribution >= 4 is 56.5 Å². The molecular weight excluding hydrogens is 775 g/mol. The van der Waals surface area contributed by atoms with Crippen LogP contribution in [0.4, 0.5) is 0 Å². The zero-order valence-electron chi connectivity index (χ0n) is 32.7. The lowest BCUT2D eigenvalue weighted by Crippen LogP contribution is -2.57. The highest BCUT2D eigenvalue weighted by molar-refractivity contribution is 6.00. The van der Waals surface area contributed by atoms with E-state index in [4.69, 9.17) is 9.15 Å². The summed E-state index contributed by atoms with van der Waals surface area (Å²) < 4.78 is 11.1. The molecule has 0 radical (unpaired) electrons. The summed E-state index contributed by atoms with van der Waals surface area (Å²) in [5, 5.41) is 20.4. The van der Waals surface area contributed by atoms with E-state index in [9.17, 15) is 29.1 Å². The molecule has 0 bridgehead atoms. The average molecular weight is 816 g/mol. The smallest absolute Gasteiger partial charge is 0.349 e. The molecule has 61 heavy (non-hydrogen) atoms. The van der Waals surface area contributed by atoms with E-state index < -0.39 is 47.4 Å². The minimum absolute atomic E-state index is 0.00751. The van der Waals surface area contributed by atoms with Gasteiger partial charge in [-0.25, -0.2) is 9.59 Å². The third-order valence-electron chi connectivity index (χ3n) is 10.5. The fourth-order valence-corrected chi connectivity index (χ4v) is 7.37. The number of phenolic OH excluding ortho intramolecular Hbond substituents is 1. The molecule has 0 aliphatic rings. The van der Waals surface area contributed by atoms with Crippen LogP contribution in [-0.2, 0) is 45.0 Å². The SMILES string of the molecule is O=C(N[C@@H](Cc1c[nH]c2ccccc12)C(=O)N[C@@H](Cc1c[nH]c2ccccc12)C(=O)N[C@@H](Cc1ccccc1)C(=O)OCc1ccccc1)c1cc2ccc(O)cc2oc1=O. The molecule has 0 saturated heterocycles. The molecule has 3 heterocycles. The molecule has 13 nitrogen and oxygen atoms in total. The topological polar surface area (TPSA) is 196 Å². The summed E-state index contributed by atoms with van der Waals surface area (Å²) in [7, 11) is 0. The van der Waals surface area contributed by atoms with Gasteiger partial charge in [0, 0.05) is 64.9 Å². The molecule has 5 aromatic carbocycles. The third kappa shape index (κ3) is 9.36. The number of aromatic nitrogens is 2. The Morgan fingerprint density at radius 3 is 1.77 bits per heavy atom. The number of hydrogen-bond donors (Lipinski definition) is 6. The van der Waals surface area contributed by atoms with E-state index in [1.165, 1.54) is 24.3 Å². The van der Waals surface area contributed by atoms with Crippen LogP contribution in [0.2, 0.25) is 0 Å². The van der Waals surface area contributed by atoms with Gasteiger partial charge in [0.05, 0.1) is 0 Å². The second-order valence-corrected chi connectivity index (χ2v) is 14.7. The van der Waals surface area contributed by atoms with Crippen molar-refractivity contribution < 1.29 is 33.4 Å². The summed E-state index contributed by atoms with van der Waals surface area (Å²) >= 11 is 0. The highest BCUT2D eigenvalue weighted by Crippen LogP contribution is 2.23. The molecule has 306 valence electrons. The first kappa shape index (κ1) is 39.9. The summed E-state index contributed by atoms with van der Waals surface area (Å²) in [6.45, 7) is -0.0103. The van der Waals surface area contributed by atoms with Gasteiger partial charge in [0.2, 0.25) is 11.8 Å². The van der Waals surface area contributed by atoms with Gasteiger partial charge in [0.25, 0.3) is 5.91 Å². The fraction of sp³-hybridized carbons (Fsp3) is 0.146. The van der Waals surface area contributed by atoms with Gasteiger partial charge in [-0.2, -0.15) is 0 Å². The molecule has 0 spiro atoms. The number of phenols is 1. The van der Waals surface area contributed by atoms with Crippen LogP contribution in [0.25, 0.3) is 32.8 Å². The van der Waals surface area contributed by atoms with Crippen LogP contribution in [0.5, 0.6) is 5.75 Å². The lowest BCUT2D eigenvalue weighted by Gasteiger charge is -2.25. The Morgan fingerprint density at radius 2 is 1.15 bits per heavy atom. The Bertz CT molecular complexity index is 2920. The third-order valence-corrected chi connectivity index (χ3v) is 10.5. The van der Waals surface area contributed by atoms with Gasteiger partial charge in [-0.1, -0.05) is 97.1 Å². The molecule has 8 rings (SSSR count). The van der Waals surface area contributed by atoms with Crippen molar-refractivity contribution in [1.82, 2.24) is 25.9 Å². The number of aromatic amines is 2. The molecule has 0 aliphatic carbocycles. The Kier molecular flexibility index (Phi) is 11.7. The number of rotatable bonds is 15. The summed E-state index contributed by atoms with van der Waals surface area (Å²) in [4.78, 5) is 76.4. The number of carbonyl (C=O) groups excluding carboxylic acids is 4. The monoisotopic (exact) mass is 815 g/mol. The second kappa shape index (κ2) is 17.9. The number of hydrogen-bond acceptors (Lipinski definition) is 8. The first-order chi connectivity index (χ1) is 29.7. The number of aromatic hydroxyl groups is 1. The van der Waals surface area contributed by atoms with E-state index in [-0.39, 0.29) is 42.8 Å². The molecule has 13 heteroatoms. The maximum Gasteiger partial charge on any atom is 0.349 e. The number of benzene rings is 5. The predicted octanol–water partition coefficient (Wildman–Crippen LogP) is 6.00. The molecule has 3 atom stereocenters. The van der Waals surface area contributed by atoms with Crippen LogP contribution in [0, 0.1) is 0 Å². The predicted molar refractivity (Wildman–Crippen MR) is 230 cm³/mol. The Morgan fingerprint density at radius 1 is 0.607 bits per heavy atom.